The van der Waals surface area contributed by atoms with Crippen molar-refractivity contribution in [3.05, 3.63) is 75.7 Å². The number of anilines is 1. The number of benzene rings is 1. The van der Waals surface area contributed by atoms with Crippen LogP contribution in [0, 0.1) is 18.3 Å². The second-order valence-electron chi connectivity index (χ2n) is 8.22. The number of rotatable bonds is 4. The fourth-order valence-corrected chi connectivity index (χ4v) is 5.00. The van der Waals surface area contributed by atoms with E-state index in [1.54, 1.807) is 17.5 Å². The maximum Gasteiger partial charge on any atom is 0.254 e. The lowest BCUT2D eigenvalue weighted by Gasteiger charge is -2.24. The van der Waals surface area contributed by atoms with Gasteiger partial charge >= 0.3 is 0 Å². The van der Waals surface area contributed by atoms with Crippen LogP contribution in [0.1, 0.15) is 32.9 Å². The molecule has 3 aromatic heterocycles. The number of hydrogen-bond donors (Lipinski definition) is 0. The Morgan fingerprint density at radius 3 is 2.76 bits per heavy atom. The molecule has 0 aliphatic carbocycles. The lowest BCUT2D eigenvalue weighted by atomic mass is 10.1. The molecule has 0 N–H and O–H groups in total. The largest absolute Gasteiger partial charge is 0.370 e. The maximum atomic E-state index is 13.6. The summed E-state index contributed by atoms with van der Waals surface area (Å²) in [7, 11) is 0. The average molecular weight is 457 g/mol. The van der Waals surface area contributed by atoms with Crippen LogP contribution in [0.15, 0.2) is 54.0 Å². The first kappa shape index (κ1) is 21.2. The number of fused-ring (bicyclic) bond motifs is 1. The zero-order valence-corrected chi connectivity index (χ0v) is 19.3. The van der Waals surface area contributed by atoms with Gasteiger partial charge in [-0.05, 0) is 55.1 Å². The minimum Gasteiger partial charge on any atom is -0.370 e. The summed E-state index contributed by atoms with van der Waals surface area (Å²) in [6, 6.07) is 15.8. The molecule has 166 valence electrons. The molecule has 5 rings (SSSR count). The molecule has 0 unspecified atom stereocenters. The van der Waals surface area contributed by atoms with Gasteiger partial charge in [0.2, 0.25) is 0 Å². The predicted octanol–water partition coefficient (Wildman–Crippen LogP) is 4.07. The van der Waals surface area contributed by atoms with E-state index >= 15 is 0 Å². The number of carbonyl (C=O) groups excluding carboxylic acids is 1. The van der Waals surface area contributed by atoms with Crippen LogP contribution in [-0.4, -0.2) is 51.8 Å². The summed E-state index contributed by atoms with van der Waals surface area (Å²) in [5.74, 6) is 0.0304. The molecule has 0 atom stereocenters. The first-order valence-corrected chi connectivity index (χ1v) is 11.9. The van der Waals surface area contributed by atoms with Gasteiger partial charge in [0.15, 0.2) is 5.65 Å². The van der Waals surface area contributed by atoms with Crippen molar-refractivity contribution in [1.29, 1.82) is 5.26 Å². The Balaban J connectivity index is 1.37. The highest BCUT2D eigenvalue weighted by Gasteiger charge is 2.24. The SMILES string of the molecule is Cc1cc(C(=O)N2CCCN(c3ccc(C#N)cc3)CC2)c2cnn(Cc3cccs3)c2n1. The molecule has 0 saturated carbocycles. The molecule has 1 amide bonds. The summed E-state index contributed by atoms with van der Waals surface area (Å²) in [6.07, 6.45) is 2.65. The third-order valence-electron chi connectivity index (χ3n) is 6.00. The summed E-state index contributed by atoms with van der Waals surface area (Å²) in [6.45, 7) is 5.55. The second kappa shape index (κ2) is 9.04. The van der Waals surface area contributed by atoms with Gasteiger partial charge in [0.1, 0.15) is 0 Å². The van der Waals surface area contributed by atoms with Crippen LogP contribution < -0.4 is 4.90 Å². The average Bonchev–Trinajstić information content (AvgIpc) is 3.42. The number of pyridine rings is 1. The van der Waals surface area contributed by atoms with E-state index in [2.05, 4.69) is 27.5 Å². The lowest BCUT2D eigenvalue weighted by molar-refractivity contribution is 0.0769. The van der Waals surface area contributed by atoms with E-state index in [1.165, 1.54) is 4.88 Å². The van der Waals surface area contributed by atoms with Crippen molar-refractivity contribution in [3.8, 4) is 6.07 Å². The van der Waals surface area contributed by atoms with Crippen LogP contribution in [-0.2, 0) is 6.54 Å². The Hall–Kier alpha value is -3.70. The van der Waals surface area contributed by atoms with Crippen molar-refractivity contribution in [2.45, 2.75) is 19.9 Å². The molecule has 1 fully saturated rings. The van der Waals surface area contributed by atoms with Crippen LogP contribution in [0.3, 0.4) is 0 Å². The van der Waals surface area contributed by atoms with Gasteiger partial charge in [-0.1, -0.05) is 6.07 Å². The maximum absolute atomic E-state index is 13.6. The molecular formula is C25H24N6OS. The molecule has 1 aliphatic rings. The van der Waals surface area contributed by atoms with E-state index in [1.807, 2.05) is 52.9 Å². The minimum atomic E-state index is 0.0304. The third-order valence-corrected chi connectivity index (χ3v) is 6.86. The predicted molar refractivity (Wildman–Crippen MR) is 130 cm³/mol. The van der Waals surface area contributed by atoms with E-state index in [0.29, 0.717) is 30.8 Å². The molecule has 0 spiro atoms. The molecule has 1 aromatic carbocycles. The standard InChI is InChI=1S/C25H24N6OS/c1-18-14-22(23-16-27-31(24(23)28-18)17-21-4-2-13-33-21)25(32)30-10-3-9-29(11-12-30)20-7-5-19(15-26)6-8-20/h2,4-8,13-14,16H,3,9-12,17H2,1H3. The second-order valence-corrected chi connectivity index (χ2v) is 9.25. The number of nitriles is 1. The van der Waals surface area contributed by atoms with Crippen molar-refractivity contribution in [2.75, 3.05) is 31.1 Å². The fourth-order valence-electron chi connectivity index (χ4n) is 4.31. The Bertz CT molecular complexity index is 1320. The number of thiophene rings is 1. The molecule has 0 radical (unpaired) electrons. The zero-order chi connectivity index (χ0) is 22.8. The van der Waals surface area contributed by atoms with Crippen LogP contribution in [0.4, 0.5) is 5.69 Å². The number of aromatic nitrogens is 3. The molecule has 4 heterocycles. The molecular weight excluding hydrogens is 432 g/mol. The van der Waals surface area contributed by atoms with Crippen LogP contribution in [0.2, 0.25) is 0 Å². The van der Waals surface area contributed by atoms with Crippen LogP contribution in [0.5, 0.6) is 0 Å². The van der Waals surface area contributed by atoms with Gasteiger partial charge in [-0.2, -0.15) is 10.4 Å². The molecule has 8 heteroatoms. The summed E-state index contributed by atoms with van der Waals surface area (Å²) in [5.41, 5.74) is 3.97. The first-order valence-electron chi connectivity index (χ1n) is 11.0. The van der Waals surface area contributed by atoms with E-state index < -0.39 is 0 Å². The summed E-state index contributed by atoms with van der Waals surface area (Å²) in [4.78, 5) is 23.7. The smallest absolute Gasteiger partial charge is 0.254 e. The highest BCUT2D eigenvalue weighted by atomic mass is 32.1. The molecule has 1 saturated heterocycles. The van der Waals surface area contributed by atoms with Crippen LogP contribution >= 0.6 is 11.3 Å². The van der Waals surface area contributed by atoms with Gasteiger partial charge in [0.25, 0.3) is 5.91 Å². The normalized spacial score (nSPS) is 14.3. The van der Waals surface area contributed by atoms with Gasteiger partial charge in [0.05, 0.1) is 35.3 Å². The molecule has 33 heavy (non-hydrogen) atoms. The van der Waals surface area contributed by atoms with Crippen molar-refractivity contribution in [3.63, 3.8) is 0 Å². The van der Waals surface area contributed by atoms with Crippen molar-refractivity contribution in [1.82, 2.24) is 19.7 Å². The van der Waals surface area contributed by atoms with Crippen molar-refractivity contribution < 1.29 is 4.79 Å². The molecule has 7 nitrogen and oxygen atoms in total. The van der Waals surface area contributed by atoms with Gasteiger partial charge in [-0.3, -0.25) is 4.79 Å². The number of amides is 1. The summed E-state index contributed by atoms with van der Waals surface area (Å²) < 4.78 is 1.88. The fraction of sp³-hybridized carbons (Fsp3) is 0.280. The Labute approximate surface area is 196 Å². The topological polar surface area (TPSA) is 78.0 Å². The van der Waals surface area contributed by atoms with Gasteiger partial charge in [-0.15, -0.1) is 11.3 Å². The lowest BCUT2D eigenvalue weighted by Crippen LogP contribution is -2.35. The Kier molecular flexibility index (Phi) is 5.80. The molecule has 0 bridgehead atoms. The van der Waals surface area contributed by atoms with Gasteiger partial charge in [0, 0.05) is 42.4 Å². The summed E-state index contributed by atoms with van der Waals surface area (Å²) in [5, 5.41) is 16.4. The van der Waals surface area contributed by atoms with Crippen LogP contribution in [0.25, 0.3) is 11.0 Å². The highest BCUT2D eigenvalue weighted by molar-refractivity contribution is 7.09. The number of aryl methyl sites for hydroxylation is 1. The zero-order valence-electron chi connectivity index (χ0n) is 18.4. The van der Waals surface area contributed by atoms with E-state index in [4.69, 9.17) is 10.2 Å². The Morgan fingerprint density at radius 2 is 2.00 bits per heavy atom. The summed E-state index contributed by atoms with van der Waals surface area (Å²) >= 11 is 1.69. The highest BCUT2D eigenvalue weighted by Crippen LogP contribution is 2.23. The monoisotopic (exact) mass is 456 g/mol. The van der Waals surface area contributed by atoms with Gasteiger partial charge in [-0.25, -0.2) is 9.67 Å². The van der Waals surface area contributed by atoms with Crippen molar-refractivity contribution in [2.24, 2.45) is 0 Å². The quantitative estimate of drug-likeness (QED) is 0.463. The minimum absolute atomic E-state index is 0.0304. The van der Waals surface area contributed by atoms with E-state index in [9.17, 15) is 4.79 Å². The number of carbonyl (C=O) groups is 1. The molecule has 4 aromatic rings. The number of nitrogens with zero attached hydrogens (tertiary/aromatic N) is 6. The Morgan fingerprint density at radius 1 is 1.15 bits per heavy atom. The van der Waals surface area contributed by atoms with Crippen molar-refractivity contribution >= 4 is 34.0 Å². The van der Waals surface area contributed by atoms with Gasteiger partial charge < -0.3 is 9.80 Å². The number of hydrogen-bond acceptors (Lipinski definition) is 6. The van der Waals surface area contributed by atoms with E-state index in [0.717, 1.165) is 41.9 Å². The first-order chi connectivity index (χ1) is 16.1. The molecule has 1 aliphatic heterocycles. The third kappa shape index (κ3) is 4.32. The van der Waals surface area contributed by atoms with E-state index in [-0.39, 0.29) is 5.91 Å².